The molecule has 1 aromatic carbocycles. The molecule has 4 rings (SSSR count). The minimum atomic E-state index is -0.860. The van der Waals surface area contributed by atoms with Gasteiger partial charge in [0.05, 0.1) is 5.60 Å². The van der Waals surface area contributed by atoms with E-state index in [1.54, 1.807) is 0 Å². The third-order valence-corrected chi connectivity index (χ3v) is 8.41. The van der Waals surface area contributed by atoms with Gasteiger partial charge in [-0.25, -0.2) is 0 Å². The van der Waals surface area contributed by atoms with E-state index in [2.05, 4.69) is 13.8 Å². The van der Waals surface area contributed by atoms with Gasteiger partial charge in [-0.3, -0.25) is 9.59 Å². The fourth-order valence-electron chi connectivity index (χ4n) is 6.76. The molecule has 1 saturated heterocycles. The van der Waals surface area contributed by atoms with Gasteiger partial charge in [-0.2, -0.15) is 0 Å². The number of ether oxygens (including phenoxy) is 2. The summed E-state index contributed by atoms with van der Waals surface area (Å²) in [7, 11) is 0. The van der Waals surface area contributed by atoms with Crippen molar-refractivity contribution >= 4 is 11.6 Å². The summed E-state index contributed by atoms with van der Waals surface area (Å²) in [6.07, 6.45) is 11.1. The Hall–Kier alpha value is -2.08. The topological polar surface area (TPSA) is 93.1 Å². The number of carbonyl (C=O) groups excluding carboxylic acids is 2. The monoisotopic (exact) mass is 500 g/mol. The van der Waals surface area contributed by atoms with Crippen LogP contribution in [0.25, 0.3) is 0 Å². The molecule has 200 valence electrons. The van der Waals surface area contributed by atoms with Gasteiger partial charge in [-0.15, -0.1) is 0 Å². The van der Waals surface area contributed by atoms with Gasteiger partial charge in [0.2, 0.25) is 5.79 Å². The number of aromatic hydroxyl groups is 2. The first-order chi connectivity index (χ1) is 17.2. The summed E-state index contributed by atoms with van der Waals surface area (Å²) in [5.74, 6) is -1.82. The molecule has 2 bridgehead atoms. The lowest BCUT2D eigenvalue weighted by Gasteiger charge is -2.48. The molecule has 1 aromatic rings. The molecule has 2 aliphatic heterocycles. The molecular formula is C30H44O6. The molecule has 36 heavy (non-hydrogen) atoms. The fraction of sp³-hybridized carbons (Fsp3) is 0.733. The number of hydrogen-bond acceptors (Lipinski definition) is 6. The van der Waals surface area contributed by atoms with Gasteiger partial charge in [0.1, 0.15) is 28.4 Å². The van der Waals surface area contributed by atoms with E-state index in [0.29, 0.717) is 24.8 Å². The largest absolute Gasteiger partial charge is 0.507 e. The molecule has 3 aliphatic rings. The molecule has 2 heterocycles. The van der Waals surface area contributed by atoms with E-state index in [4.69, 9.17) is 9.47 Å². The molecule has 1 saturated carbocycles. The first-order valence-electron chi connectivity index (χ1n) is 14.2. The maximum Gasteiger partial charge on any atom is 0.214 e. The molecule has 0 radical (unpaired) electrons. The highest BCUT2D eigenvalue weighted by molar-refractivity contribution is 6.09. The molecule has 2 N–H and O–H groups in total. The Morgan fingerprint density at radius 1 is 0.889 bits per heavy atom. The maximum absolute atomic E-state index is 13.5. The number of unbranched alkanes of at least 4 members (excludes halogenated alkanes) is 6. The van der Waals surface area contributed by atoms with Gasteiger partial charge in [0, 0.05) is 36.7 Å². The number of benzene rings is 1. The molecule has 3 atom stereocenters. The molecule has 2 fully saturated rings. The summed E-state index contributed by atoms with van der Waals surface area (Å²) in [5, 5.41) is 22.8. The Morgan fingerprint density at radius 2 is 1.50 bits per heavy atom. The van der Waals surface area contributed by atoms with Crippen molar-refractivity contribution in [2.75, 3.05) is 0 Å². The third-order valence-electron chi connectivity index (χ3n) is 8.41. The van der Waals surface area contributed by atoms with Crippen LogP contribution >= 0.6 is 0 Å². The van der Waals surface area contributed by atoms with E-state index in [9.17, 15) is 19.8 Å². The highest BCUT2D eigenvalue weighted by atomic mass is 16.7. The van der Waals surface area contributed by atoms with Crippen molar-refractivity contribution in [2.45, 2.75) is 135 Å². The van der Waals surface area contributed by atoms with Crippen LogP contribution in [0.3, 0.4) is 0 Å². The van der Waals surface area contributed by atoms with Crippen LogP contribution < -0.4 is 4.74 Å². The van der Waals surface area contributed by atoms with E-state index in [1.807, 2.05) is 13.8 Å². The second kappa shape index (κ2) is 10.7. The summed E-state index contributed by atoms with van der Waals surface area (Å²) in [5.41, 5.74) is 0.106. The van der Waals surface area contributed by atoms with E-state index >= 15 is 0 Å². The Labute approximate surface area is 215 Å². The average Bonchev–Trinajstić information content (AvgIpc) is 3.10. The lowest BCUT2D eigenvalue weighted by atomic mass is 9.67. The SMILES string of the molecule is CCCCCCC(=O)c1c(O)c(C(=O)CCCCCC)c2c(c1O)C1CCCC3(O2)OC(C)(C)CC13. The number of Topliss-reactive ketones (excluding diaryl/α,β-unsaturated/α-hetero) is 2. The van der Waals surface area contributed by atoms with Gasteiger partial charge < -0.3 is 19.7 Å². The van der Waals surface area contributed by atoms with E-state index in [-0.39, 0.29) is 58.9 Å². The first-order valence-corrected chi connectivity index (χ1v) is 14.2. The van der Waals surface area contributed by atoms with Crippen LogP contribution in [0.2, 0.25) is 0 Å². The van der Waals surface area contributed by atoms with Crippen LogP contribution in [0.15, 0.2) is 0 Å². The normalized spacial score (nSPS) is 25.7. The molecule has 1 aliphatic carbocycles. The lowest BCUT2D eigenvalue weighted by Crippen LogP contribution is -2.50. The van der Waals surface area contributed by atoms with Crippen molar-refractivity contribution in [3.05, 3.63) is 16.7 Å². The highest BCUT2D eigenvalue weighted by Gasteiger charge is 2.62. The van der Waals surface area contributed by atoms with Gasteiger partial charge >= 0.3 is 0 Å². The van der Waals surface area contributed by atoms with Crippen LogP contribution in [0, 0.1) is 5.92 Å². The number of hydrogen-bond donors (Lipinski definition) is 2. The summed E-state index contributed by atoms with van der Waals surface area (Å²) in [6.45, 7) is 8.32. The minimum absolute atomic E-state index is 0.0317. The zero-order chi connectivity index (χ0) is 26.1. The van der Waals surface area contributed by atoms with Gasteiger partial charge in [0.15, 0.2) is 11.6 Å². The van der Waals surface area contributed by atoms with Crippen molar-refractivity contribution in [1.29, 1.82) is 0 Å². The van der Waals surface area contributed by atoms with Crippen LogP contribution in [0.4, 0.5) is 0 Å². The third kappa shape index (κ3) is 4.90. The molecule has 0 spiro atoms. The number of ketones is 2. The second-order valence-electron chi connectivity index (χ2n) is 11.7. The Bertz CT molecular complexity index is 996. The summed E-state index contributed by atoms with van der Waals surface area (Å²) in [6, 6.07) is 0. The molecule has 6 heteroatoms. The van der Waals surface area contributed by atoms with Crippen LogP contribution in [0.5, 0.6) is 17.2 Å². The van der Waals surface area contributed by atoms with Crippen molar-refractivity contribution in [3.8, 4) is 17.2 Å². The van der Waals surface area contributed by atoms with E-state index < -0.39 is 17.1 Å². The molecule has 0 amide bonds. The average molecular weight is 501 g/mol. The lowest BCUT2D eigenvalue weighted by molar-refractivity contribution is -0.234. The number of rotatable bonds is 12. The van der Waals surface area contributed by atoms with E-state index in [1.165, 1.54) is 0 Å². The molecule has 6 nitrogen and oxygen atoms in total. The Balaban J connectivity index is 1.79. The number of carbonyl (C=O) groups is 2. The number of phenols is 2. The molecule has 0 aromatic heterocycles. The first kappa shape index (κ1) is 27.0. The predicted octanol–water partition coefficient (Wildman–Crippen LogP) is 7.58. The predicted molar refractivity (Wildman–Crippen MR) is 139 cm³/mol. The molecule has 3 unspecified atom stereocenters. The fourth-order valence-corrected chi connectivity index (χ4v) is 6.76. The van der Waals surface area contributed by atoms with Crippen molar-refractivity contribution in [2.24, 2.45) is 5.92 Å². The Kier molecular flexibility index (Phi) is 8.04. The zero-order valence-corrected chi connectivity index (χ0v) is 22.6. The van der Waals surface area contributed by atoms with E-state index in [0.717, 1.165) is 57.8 Å². The summed E-state index contributed by atoms with van der Waals surface area (Å²) in [4.78, 5) is 26.9. The highest BCUT2D eigenvalue weighted by Crippen LogP contribution is 2.64. The maximum atomic E-state index is 13.5. The zero-order valence-electron chi connectivity index (χ0n) is 22.6. The quantitative estimate of drug-likeness (QED) is 0.227. The smallest absolute Gasteiger partial charge is 0.214 e. The van der Waals surface area contributed by atoms with Crippen molar-refractivity contribution in [3.63, 3.8) is 0 Å². The summed E-state index contributed by atoms with van der Waals surface area (Å²) < 4.78 is 13.1. The number of fused-ring (bicyclic) bond motifs is 2. The minimum Gasteiger partial charge on any atom is -0.507 e. The van der Waals surface area contributed by atoms with Gasteiger partial charge in [0.25, 0.3) is 0 Å². The van der Waals surface area contributed by atoms with Crippen molar-refractivity contribution in [1.82, 2.24) is 0 Å². The van der Waals surface area contributed by atoms with Crippen LogP contribution in [-0.4, -0.2) is 33.2 Å². The number of phenolic OH excluding ortho intramolecular Hbond substituents is 2. The van der Waals surface area contributed by atoms with Crippen molar-refractivity contribution < 1.29 is 29.3 Å². The van der Waals surface area contributed by atoms with Gasteiger partial charge in [-0.1, -0.05) is 52.4 Å². The second-order valence-corrected chi connectivity index (χ2v) is 11.7. The van der Waals surface area contributed by atoms with Crippen LogP contribution in [0.1, 0.15) is 150 Å². The standard InChI is InChI=1S/C30H44O6/c1-5-7-9-11-15-21(31)24-26(33)23-19-14-13-17-30(20(19)18-29(3,4)36-30)35-28(23)25(27(24)34)22(32)16-12-10-8-6-2/h19-20,33-34H,5-18H2,1-4H3. The van der Waals surface area contributed by atoms with Crippen LogP contribution in [-0.2, 0) is 4.74 Å². The summed E-state index contributed by atoms with van der Waals surface area (Å²) >= 11 is 0. The van der Waals surface area contributed by atoms with Gasteiger partial charge in [-0.05, 0) is 46.0 Å². The molecular weight excluding hydrogens is 456 g/mol. The Morgan fingerprint density at radius 3 is 2.11 bits per heavy atom.